The van der Waals surface area contributed by atoms with Crippen LogP contribution in [0.1, 0.15) is 40.5 Å². The third-order valence-corrected chi connectivity index (χ3v) is 3.77. The molecule has 0 unspecified atom stereocenters. The van der Waals surface area contributed by atoms with Gasteiger partial charge in [0.15, 0.2) is 13.5 Å². The summed E-state index contributed by atoms with van der Waals surface area (Å²) in [5.74, 6) is -2.80. The van der Waals surface area contributed by atoms with Crippen molar-refractivity contribution in [2.75, 3.05) is 13.5 Å². The van der Waals surface area contributed by atoms with Gasteiger partial charge < -0.3 is 9.47 Å². The summed E-state index contributed by atoms with van der Waals surface area (Å²) in [4.78, 5) is 60.7. The van der Waals surface area contributed by atoms with Crippen LogP contribution in [0, 0.1) is 5.41 Å². The van der Waals surface area contributed by atoms with Crippen molar-refractivity contribution in [1.29, 1.82) is 0 Å². The van der Waals surface area contributed by atoms with Crippen LogP contribution in [0.25, 0.3) is 0 Å². The summed E-state index contributed by atoms with van der Waals surface area (Å²) in [7, 11) is 0. The quantitative estimate of drug-likeness (QED) is 0.519. The van der Waals surface area contributed by atoms with Gasteiger partial charge in [0.1, 0.15) is 5.41 Å². The molecule has 0 bridgehead atoms. The molecule has 0 saturated carbocycles. The fraction of sp³-hybridized carbons (Fsp3) is 0.643. The van der Waals surface area contributed by atoms with Crippen LogP contribution in [0.3, 0.4) is 0 Å². The van der Waals surface area contributed by atoms with Crippen LogP contribution in [0.4, 0.5) is 4.79 Å². The third kappa shape index (κ3) is 3.49. The van der Waals surface area contributed by atoms with E-state index >= 15 is 0 Å². The second kappa shape index (κ2) is 7.21. The Morgan fingerprint density at radius 2 is 1.22 bits per heavy atom. The van der Waals surface area contributed by atoms with E-state index < -0.39 is 48.7 Å². The topological polar surface area (TPSA) is 110 Å². The fourth-order valence-corrected chi connectivity index (χ4v) is 2.32. The molecule has 1 rings (SSSR count). The average molecular weight is 328 g/mol. The first-order valence-electron chi connectivity index (χ1n) is 7.15. The number of hydrogen-bond donors (Lipinski definition) is 0. The predicted octanol–water partition coefficient (Wildman–Crippen LogP) is 0.625. The van der Waals surface area contributed by atoms with E-state index in [0.717, 1.165) is 13.8 Å². The van der Waals surface area contributed by atoms with E-state index in [1.54, 1.807) is 13.8 Å². The van der Waals surface area contributed by atoms with E-state index in [1.165, 1.54) is 0 Å². The molecule has 0 radical (unpaired) electrons. The van der Waals surface area contributed by atoms with Crippen molar-refractivity contribution in [3.8, 4) is 0 Å². The summed E-state index contributed by atoms with van der Waals surface area (Å²) in [6.07, 6.45) is 0.309. The number of barbiturate groups is 1. The number of ether oxygens (including phenoxy) is 2. The minimum absolute atomic E-state index is 0.154. The monoisotopic (exact) mass is 328 g/mol. The summed E-state index contributed by atoms with van der Waals surface area (Å²) in [6.45, 7) is 4.35. The Kier molecular flexibility index (Phi) is 5.83. The summed E-state index contributed by atoms with van der Waals surface area (Å²) in [6, 6.07) is -0.986. The van der Waals surface area contributed by atoms with Gasteiger partial charge in [0.2, 0.25) is 11.8 Å². The molecule has 1 saturated heterocycles. The van der Waals surface area contributed by atoms with Crippen LogP contribution < -0.4 is 0 Å². The van der Waals surface area contributed by atoms with Crippen molar-refractivity contribution in [1.82, 2.24) is 9.80 Å². The maximum atomic E-state index is 12.6. The minimum Gasteiger partial charge on any atom is -0.444 e. The number of imide groups is 2. The smallest absolute Gasteiger partial charge is 0.339 e. The van der Waals surface area contributed by atoms with E-state index in [0.29, 0.717) is 9.80 Å². The zero-order valence-corrected chi connectivity index (χ0v) is 13.6. The van der Waals surface area contributed by atoms with Crippen molar-refractivity contribution in [3.05, 3.63) is 0 Å². The third-order valence-electron chi connectivity index (χ3n) is 3.77. The molecule has 23 heavy (non-hydrogen) atoms. The lowest BCUT2D eigenvalue weighted by Gasteiger charge is -2.42. The summed E-state index contributed by atoms with van der Waals surface area (Å²) in [5, 5.41) is 0. The molecule has 9 nitrogen and oxygen atoms in total. The number of rotatable bonds is 6. The van der Waals surface area contributed by atoms with Gasteiger partial charge in [-0.1, -0.05) is 13.8 Å². The molecule has 0 aliphatic carbocycles. The van der Waals surface area contributed by atoms with Gasteiger partial charge >= 0.3 is 18.0 Å². The Balaban J connectivity index is 3.18. The van der Waals surface area contributed by atoms with Crippen LogP contribution in [0.2, 0.25) is 0 Å². The molecule has 1 fully saturated rings. The minimum atomic E-state index is -1.45. The van der Waals surface area contributed by atoms with E-state index in [4.69, 9.17) is 9.47 Å². The lowest BCUT2D eigenvalue weighted by molar-refractivity contribution is -0.169. The SMILES string of the molecule is CCC1(CC)C(=O)N(COC(C)=O)C(=O)N(COC(C)=O)C1=O. The summed E-state index contributed by atoms with van der Waals surface area (Å²) < 4.78 is 9.43. The number of carbonyl (C=O) groups is 5. The van der Waals surface area contributed by atoms with Crippen molar-refractivity contribution in [2.24, 2.45) is 5.41 Å². The molecule has 0 atom stereocenters. The normalized spacial score (nSPS) is 17.3. The number of carbonyl (C=O) groups excluding carboxylic acids is 5. The van der Waals surface area contributed by atoms with E-state index in [9.17, 15) is 24.0 Å². The summed E-state index contributed by atoms with van der Waals surface area (Å²) in [5.41, 5.74) is -1.45. The van der Waals surface area contributed by atoms with E-state index in [1.807, 2.05) is 0 Å². The number of esters is 2. The lowest BCUT2D eigenvalue weighted by Crippen LogP contribution is -2.65. The molecule has 0 aromatic carbocycles. The molecule has 1 aliphatic rings. The van der Waals surface area contributed by atoms with Gasteiger partial charge in [-0.2, -0.15) is 0 Å². The first-order chi connectivity index (χ1) is 10.7. The predicted molar refractivity (Wildman–Crippen MR) is 75.4 cm³/mol. The molecule has 128 valence electrons. The highest BCUT2D eigenvalue weighted by Crippen LogP contribution is 2.35. The fourth-order valence-electron chi connectivity index (χ4n) is 2.32. The highest BCUT2D eigenvalue weighted by molar-refractivity contribution is 6.19. The van der Waals surface area contributed by atoms with Crippen molar-refractivity contribution < 1.29 is 33.4 Å². The molecule has 9 heteroatoms. The van der Waals surface area contributed by atoms with Gasteiger partial charge in [0.05, 0.1) is 0 Å². The Labute approximate surface area is 133 Å². The Morgan fingerprint density at radius 1 is 0.870 bits per heavy atom. The molecule has 0 N–H and O–H groups in total. The zero-order chi connectivity index (χ0) is 17.8. The molecule has 1 heterocycles. The Bertz CT molecular complexity index is 497. The first kappa shape index (κ1) is 18.6. The van der Waals surface area contributed by atoms with Crippen molar-refractivity contribution >= 4 is 29.8 Å². The molecule has 4 amide bonds. The highest BCUT2D eigenvalue weighted by Gasteiger charge is 2.55. The molecular formula is C14H20N2O7. The zero-order valence-electron chi connectivity index (χ0n) is 13.6. The van der Waals surface area contributed by atoms with Gasteiger partial charge in [-0.15, -0.1) is 0 Å². The summed E-state index contributed by atoms with van der Waals surface area (Å²) >= 11 is 0. The van der Waals surface area contributed by atoms with Gasteiger partial charge in [0, 0.05) is 13.8 Å². The van der Waals surface area contributed by atoms with Crippen LogP contribution in [-0.4, -0.2) is 53.0 Å². The van der Waals surface area contributed by atoms with Gasteiger partial charge in [-0.25, -0.2) is 14.6 Å². The molecule has 0 spiro atoms. The van der Waals surface area contributed by atoms with Crippen molar-refractivity contribution in [2.45, 2.75) is 40.5 Å². The van der Waals surface area contributed by atoms with Crippen molar-refractivity contribution in [3.63, 3.8) is 0 Å². The number of nitrogens with zero attached hydrogens (tertiary/aromatic N) is 2. The Morgan fingerprint density at radius 3 is 1.48 bits per heavy atom. The van der Waals surface area contributed by atoms with Crippen LogP contribution in [0.5, 0.6) is 0 Å². The number of urea groups is 1. The first-order valence-corrected chi connectivity index (χ1v) is 7.15. The van der Waals surface area contributed by atoms with Gasteiger partial charge in [-0.3, -0.25) is 19.2 Å². The maximum absolute atomic E-state index is 12.6. The second-order valence-electron chi connectivity index (χ2n) is 5.07. The molecule has 0 aromatic rings. The van der Waals surface area contributed by atoms with Gasteiger partial charge in [-0.05, 0) is 12.8 Å². The standard InChI is InChI=1S/C14H20N2O7/c1-5-14(6-2)11(19)15(7-22-9(3)17)13(21)16(12(14)20)8-23-10(4)18/h5-8H2,1-4H3. The average Bonchev–Trinajstić information content (AvgIpc) is 2.48. The number of hydrogen-bond acceptors (Lipinski definition) is 7. The van der Waals surface area contributed by atoms with Gasteiger partial charge in [0.25, 0.3) is 0 Å². The lowest BCUT2D eigenvalue weighted by atomic mass is 9.78. The number of amides is 4. The van der Waals surface area contributed by atoms with Crippen LogP contribution in [0.15, 0.2) is 0 Å². The molecular weight excluding hydrogens is 308 g/mol. The molecule has 0 aromatic heterocycles. The van der Waals surface area contributed by atoms with E-state index in [-0.39, 0.29) is 12.8 Å². The Hall–Kier alpha value is -2.45. The highest BCUT2D eigenvalue weighted by atomic mass is 16.6. The van der Waals surface area contributed by atoms with Crippen LogP contribution in [-0.2, 0) is 28.7 Å². The van der Waals surface area contributed by atoms with E-state index in [2.05, 4.69) is 0 Å². The maximum Gasteiger partial charge on any atom is 0.339 e. The molecule has 1 aliphatic heterocycles. The second-order valence-corrected chi connectivity index (χ2v) is 5.07. The largest absolute Gasteiger partial charge is 0.444 e. The van der Waals surface area contributed by atoms with Crippen LogP contribution >= 0.6 is 0 Å².